The van der Waals surface area contributed by atoms with Gasteiger partial charge in [-0.05, 0) is 25.1 Å². The van der Waals surface area contributed by atoms with Crippen LogP contribution in [0.15, 0.2) is 24.4 Å². The van der Waals surface area contributed by atoms with E-state index in [0.29, 0.717) is 31.1 Å². The topological polar surface area (TPSA) is 84.7 Å². The number of hydrogen-bond acceptors (Lipinski definition) is 5. The molecule has 0 aromatic carbocycles. The van der Waals surface area contributed by atoms with E-state index in [9.17, 15) is 4.79 Å². The normalized spacial score (nSPS) is 10.3. The molecule has 106 valence electrons. The molecule has 1 amide bonds. The van der Waals surface area contributed by atoms with Gasteiger partial charge in [-0.1, -0.05) is 6.92 Å². The van der Waals surface area contributed by atoms with E-state index in [1.54, 1.807) is 4.68 Å². The highest BCUT2D eigenvalue weighted by Gasteiger charge is 2.01. The number of nitrogens with one attached hydrogen (secondary N) is 2. The first-order valence-corrected chi connectivity index (χ1v) is 6.56. The summed E-state index contributed by atoms with van der Waals surface area (Å²) in [5.74, 6) is 1.38. The second kappa shape index (κ2) is 6.65. The number of aryl methyl sites for hydroxylation is 1. The Hall–Kier alpha value is -2.44. The fourth-order valence-corrected chi connectivity index (χ4v) is 1.60. The number of rotatable bonds is 6. The fourth-order valence-electron chi connectivity index (χ4n) is 1.60. The van der Waals surface area contributed by atoms with E-state index in [2.05, 4.69) is 25.9 Å². The van der Waals surface area contributed by atoms with E-state index in [0.717, 1.165) is 5.69 Å². The van der Waals surface area contributed by atoms with E-state index in [1.807, 2.05) is 38.2 Å². The third-order valence-corrected chi connectivity index (χ3v) is 2.68. The van der Waals surface area contributed by atoms with Gasteiger partial charge in [0.25, 0.3) is 0 Å². The van der Waals surface area contributed by atoms with E-state index >= 15 is 0 Å². The lowest BCUT2D eigenvalue weighted by atomic mass is 10.4. The lowest BCUT2D eigenvalue weighted by Crippen LogP contribution is -2.28. The quantitative estimate of drug-likeness (QED) is 0.765. The molecular weight excluding hydrogens is 256 g/mol. The number of carbonyl (C=O) groups is 1. The predicted octanol–water partition coefficient (Wildman–Crippen LogP) is 0.909. The molecule has 7 nitrogen and oxygen atoms in total. The Balaban J connectivity index is 1.84. The van der Waals surface area contributed by atoms with Crippen molar-refractivity contribution in [2.45, 2.75) is 20.3 Å². The summed E-state index contributed by atoms with van der Waals surface area (Å²) in [6, 6.07) is 5.58. The maximum Gasteiger partial charge on any atom is 0.219 e. The van der Waals surface area contributed by atoms with Crippen LogP contribution in [0.5, 0.6) is 0 Å². The van der Waals surface area contributed by atoms with Crippen molar-refractivity contribution in [3.63, 3.8) is 0 Å². The van der Waals surface area contributed by atoms with Gasteiger partial charge >= 0.3 is 0 Å². The summed E-state index contributed by atoms with van der Waals surface area (Å²) in [5, 5.41) is 18.3. The van der Waals surface area contributed by atoms with E-state index < -0.39 is 0 Å². The molecule has 0 spiro atoms. The van der Waals surface area contributed by atoms with Crippen LogP contribution in [0.3, 0.4) is 0 Å². The Morgan fingerprint density at radius 3 is 2.70 bits per heavy atom. The Morgan fingerprint density at radius 1 is 1.25 bits per heavy atom. The highest BCUT2D eigenvalue weighted by molar-refractivity contribution is 5.75. The van der Waals surface area contributed by atoms with E-state index in [-0.39, 0.29) is 5.91 Å². The molecule has 0 radical (unpaired) electrons. The van der Waals surface area contributed by atoms with Crippen LogP contribution in [-0.4, -0.2) is 39.0 Å². The minimum Gasteiger partial charge on any atom is -0.367 e. The monoisotopic (exact) mass is 274 g/mol. The number of hydrogen-bond donors (Lipinski definition) is 2. The first kappa shape index (κ1) is 14.0. The summed E-state index contributed by atoms with van der Waals surface area (Å²) < 4.78 is 1.67. The third-order valence-electron chi connectivity index (χ3n) is 2.68. The molecular formula is C13H18N6O. The van der Waals surface area contributed by atoms with Crippen molar-refractivity contribution in [3.05, 3.63) is 30.1 Å². The highest BCUT2D eigenvalue weighted by atomic mass is 16.1. The van der Waals surface area contributed by atoms with Gasteiger partial charge in [-0.2, -0.15) is 5.10 Å². The van der Waals surface area contributed by atoms with Crippen molar-refractivity contribution >= 4 is 11.7 Å². The molecule has 0 unspecified atom stereocenters. The van der Waals surface area contributed by atoms with Gasteiger partial charge in [0.15, 0.2) is 5.82 Å². The van der Waals surface area contributed by atoms with Crippen LogP contribution in [0, 0.1) is 6.92 Å². The van der Waals surface area contributed by atoms with Crippen LogP contribution in [0.1, 0.15) is 19.0 Å². The molecule has 2 rings (SSSR count). The molecule has 2 aromatic heterocycles. The molecule has 0 fully saturated rings. The number of carbonyl (C=O) groups excluding carboxylic acids is 1. The first-order valence-electron chi connectivity index (χ1n) is 6.56. The van der Waals surface area contributed by atoms with Gasteiger partial charge in [-0.15, -0.1) is 10.2 Å². The Kier molecular flexibility index (Phi) is 4.65. The fraction of sp³-hybridized carbons (Fsp3) is 0.385. The number of anilines is 1. The van der Waals surface area contributed by atoms with Crippen LogP contribution in [0.4, 0.5) is 5.82 Å². The Morgan fingerprint density at radius 2 is 2.10 bits per heavy atom. The molecule has 0 aliphatic heterocycles. The van der Waals surface area contributed by atoms with E-state index in [1.165, 1.54) is 0 Å². The summed E-state index contributed by atoms with van der Waals surface area (Å²) in [4.78, 5) is 11.1. The minimum atomic E-state index is 0.0438. The standard InChI is InChI=1S/C13H18N6O/c1-3-13(20)15-8-7-14-11-4-5-12(17-16-11)19-9-6-10(2)18-19/h4-6,9H,3,7-8H2,1-2H3,(H,14,16)(H,15,20). The molecule has 0 aliphatic rings. The molecule has 2 heterocycles. The number of amides is 1. The summed E-state index contributed by atoms with van der Waals surface area (Å²) in [7, 11) is 0. The van der Waals surface area contributed by atoms with Gasteiger partial charge in [0.1, 0.15) is 5.82 Å². The van der Waals surface area contributed by atoms with Gasteiger partial charge in [0.05, 0.1) is 5.69 Å². The van der Waals surface area contributed by atoms with Crippen LogP contribution < -0.4 is 10.6 Å². The third kappa shape index (κ3) is 3.78. The maximum atomic E-state index is 11.1. The van der Waals surface area contributed by atoms with Crippen molar-refractivity contribution < 1.29 is 4.79 Å². The van der Waals surface area contributed by atoms with Crippen molar-refractivity contribution in [3.8, 4) is 5.82 Å². The molecule has 0 saturated carbocycles. The molecule has 0 aliphatic carbocycles. The summed E-state index contributed by atoms with van der Waals surface area (Å²) in [6.45, 7) is 4.92. The van der Waals surface area contributed by atoms with E-state index in [4.69, 9.17) is 0 Å². The summed E-state index contributed by atoms with van der Waals surface area (Å²) in [6.07, 6.45) is 2.34. The average molecular weight is 274 g/mol. The molecule has 0 bridgehead atoms. The van der Waals surface area contributed by atoms with Gasteiger partial charge < -0.3 is 10.6 Å². The van der Waals surface area contributed by atoms with Gasteiger partial charge in [0.2, 0.25) is 5.91 Å². The molecule has 2 N–H and O–H groups in total. The van der Waals surface area contributed by atoms with Crippen molar-refractivity contribution in [1.29, 1.82) is 0 Å². The number of aromatic nitrogens is 4. The van der Waals surface area contributed by atoms with Crippen LogP contribution >= 0.6 is 0 Å². The second-order valence-electron chi connectivity index (χ2n) is 4.31. The Bertz CT molecular complexity index is 562. The average Bonchev–Trinajstić information content (AvgIpc) is 2.90. The Labute approximate surface area is 117 Å². The highest BCUT2D eigenvalue weighted by Crippen LogP contribution is 2.06. The zero-order valence-electron chi connectivity index (χ0n) is 11.6. The molecule has 7 heteroatoms. The molecule has 20 heavy (non-hydrogen) atoms. The zero-order chi connectivity index (χ0) is 14.4. The molecule has 2 aromatic rings. The summed E-state index contributed by atoms with van der Waals surface area (Å²) in [5.41, 5.74) is 0.931. The summed E-state index contributed by atoms with van der Waals surface area (Å²) >= 11 is 0. The lowest BCUT2D eigenvalue weighted by Gasteiger charge is -2.06. The van der Waals surface area contributed by atoms with Gasteiger partial charge in [-0.3, -0.25) is 4.79 Å². The van der Waals surface area contributed by atoms with Crippen molar-refractivity contribution in [1.82, 2.24) is 25.3 Å². The van der Waals surface area contributed by atoms with Crippen LogP contribution in [-0.2, 0) is 4.79 Å². The SMILES string of the molecule is CCC(=O)NCCNc1ccc(-n2ccc(C)n2)nn1. The van der Waals surface area contributed by atoms with Crippen LogP contribution in [0.25, 0.3) is 5.82 Å². The van der Waals surface area contributed by atoms with Crippen molar-refractivity contribution in [2.75, 3.05) is 18.4 Å². The van der Waals surface area contributed by atoms with Crippen molar-refractivity contribution in [2.24, 2.45) is 0 Å². The molecule has 0 saturated heterocycles. The second-order valence-corrected chi connectivity index (χ2v) is 4.31. The zero-order valence-corrected chi connectivity index (χ0v) is 11.6. The first-order chi connectivity index (χ1) is 9.69. The lowest BCUT2D eigenvalue weighted by molar-refractivity contribution is -0.120. The number of nitrogens with zero attached hydrogens (tertiary/aromatic N) is 4. The molecule has 0 atom stereocenters. The van der Waals surface area contributed by atoms with Crippen LogP contribution in [0.2, 0.25) is 0 Å². The largest absolute Gasteiger partial charge is 0.367 e. The van der Waals surface area contributed by atoms with Gasteiger partial charge in [-0.25, -0.2) is 4.68 Å². The smallest absolute Gasteiger partial charge is 0.219 e. The maximum absolute atomic E-state index is 11.1. The van der Waals surface area contributed by atoms with Gasteiger partial charge in [0, 0.05) is 25.7 Å². The minimum absolute atomic E-state index is 0.0438. The predicted molar refractivity (Wildman–Crippen MR) is 75.7 cm³/mol.